The van der Waals surface area contributed by atoms with Crippen LogP contribution in [0, 0.1) is 5.82 Å². The molecule has 1 rings (SSSR count). The van der Waals surface area contributed by atoms with Gasteiger partial charge in [-0.2, -0.15) is 0 Å². The molecular weight excluding hydrogens is 285 g/mol. The molecule has 0 bridgehead atoms. The number of hydrogen-bond acceptors (Lipinski definition) is 3. The first kappa shape index (κ1) is 15.6. The summed E-state index contributed by atoms with van der Waals surface area (Å²) < 4.78 is 49.5. The SMILES string of the molecule is CCOP(=O)(OCC)[C@@H](F)c1ccc(Cl)cc1F. The Morgan fingerprint density at radius 3 is 2.33 bits per heavy atom. The van der Waals surface area contributed by atoms with Crippen molar-refractivity contribution in [2.45, 2.75) is 19.8 Å². The van der Waals surface area contributed by atoms with Crippen LogP contribution in [0.1, 0.15) is 25.3 Å². The van der Waals surface area contributed by atoms with Crippen LogP contribution in [0.15, 0.2) is 18.2 Å². The van der Waals surface area contributed by atoms with Crippen LogP contribution >= 0.6 is 19.2 Å². The van der Waals surface area contributed by atoms with E-state index in [1.165, 1.54) is 6.07 Å². The maximum absolute atomic E-state index is 14.2. The molecule has 1 aromatic rings. The van der Waals surface area contributed by atoms with Crippen LogP contribution < -0.4 is 0 Å². The van der Waals surface area contributed by atoms with Gasteiger partial charge in [0.2, 0.25) is 5.91 Å². The lowest BCUT2D eigenvalue weighted by atomic mass is 10.2. The summed E-state index contributed by atoms with van der Waals surface area (Å²) in [6.07, 6.45) is 0. The topological polar surface area (TPSA) is 35.5 Å². The van der Waals surface area contributed by atoms with E-state index in [2.05, 4.69) is 0 Å². The standard InChI is InChI=1S/C11H14ClF2O3P/c1-3-16-18(15,17-4-2)11(14)9-6-5-8(12)7-10(9)13/h5-7,11H,3-4H2,1-2H3/t11-/m1/s1. The van der Waals surface area contributed by atoms with E-state index in [0.29, 0.717) is 0 Å². The van der Waals surface area contributed by atoms with Gasteiger partial charge < -0.3 is 9.05 Å². The van der Waals surface area contributed by atoms with E-state index in [1.807, 2.05) is 0 Å². The normalized spacial score (nSPS) is 13.6. The summed E-state index contributed by atoms with van der Waals surface area (Å²) in [5, 5.41) is 0.131. The summed E-state index contributed by atoms with van der Waals surface area (Å²) >= 11 is 5.56. The Hall–Kier alpha value is -0.480. The first-order valence-electron chi connectivity index (χ1n) is 5.42. The van der Waals surface area contributed by atoms with Crippen LogP contribution in [0.5, 0.6) is 0 Å². The Bertz CT molecular complexity index is 446. The Morgan fingerprint density at radius 2 is 1.89 bits per heavy atom. The van der Waals surface area contributed by atoms with Crippen molar-refractivity contribution < 1.29 is 22.4 Å². The van der Waals surface area contributed by atoms with Gasteiger partial charge in [-0.3, -0.25) is 4.57 Å². The lowest BCUT2D eigenvalue weighted by Crippen LogP contribution is -2.04. The van der Waals surface area contributed by atoms with Crippen LogP contribution in [0.4, 0.5) is 8.78 Å². The highest BCUT2D eigenvalue weighted by Gasteiger charge is 2.38. The van der Waals surface area contributed by atoms with Crippen molar-refractivity contribution in [3.8, 4) is 0 Å². The molecule has 0 aromatic heterocycles. The second-order valence-corrected chi connectivity index (χ2v) is 5.86. The van der Waals surface area contributed by atoms with Gasteiger partial charge in [-0.1, -0.05) is 17.7 Å². The maximum atomic E-state index is 14.2. The minimum atomic E-state index is -4.02. The zero-order valence-corrected chi connectivity index (χ0v) is 11.7. The first-order valence-corrected chi connectivity index (χ1v) is 7.41. The van der Waals surface area contributed by atoms with Gasteiger partial charge in [0, 0.05) is 10.6 Å². The van der Waals surface area contributed by atoms with Gasteiger partial charge in [0.05, 0.1) is 13.2 Å². The summed E-state index contributed by atoms with van der Waals surface area (Å²) in [5.74, 6) is -3.05. The monoisotopic (exact) mass is 298 g/mol. The third-order valence-corrected chi connectivity index (χ3v) is 4.42. The van der Waals surface area contributed by atoms with Crippen molar-refractivity contribution >= 4 is 19.2 Å². The highest BCUT2D eigenvalue weighted by atomic mass is 35.5. The predicted molar refractivity (Wildman–Crippen MR) is 66.1 cm³/mol. The van der Waals surface area contributed by atoms with Crippen LogP contribution in [0.25, 0.3) is 0 Å². The average Bonchev–Trinajstić information content (AvgIpc) is 2.29. The molecule has 3 nitrogen and oxygen atoms in total. The minimum Gasteiger partial charge on any atom is -0.307 e. The molecule has 102 valence electrons. The largest absolute Gasteiger partial charge is 0.369 e. The van der Waals surface area contributed by atoms with Crippen LogP contribution in [-0.4, -0.2) is 13.2 Å². The Kier molecular flexibility index (Phi) is 5.73. The van der Waals surface area contributed by atoms with Gasteiger partial charge in [0.25, 0.3) is 0 Å². The molecule has 1 aromatic carbocycles. The van der Waals surface area contributed by atoms with Crippen LogP contribution in [-0.2, 0) is 13.6 Å². The van der Waals surface area contributed by atoms with E-state index in [0.717, 1.165) is 12.1 Å². The summed E-state index contributed by atoms with van der Waals surface area (Å²) in [5.41, 5.74) is -0.385. The fraction of sp³-hybridized carbons (Fsp3) is 0.455. The van der Waals surface area contributed by atoms with Gasteiger partial charge in [-0.25, -0.2) is 8.78 Å². The fourth-order valence-electron chi connectivity index (χ4n) is 1.39. The van der Waals surface area contributed by atoms with Crippen molar-refractivity contribution in [3.63, 3.8) is 0 Å². The molecule has 0 saturated carbocycles. The zero-order valence-electron chi connectivity index (χ0n) is 10.0. The second-order valence-electron chi connectivity index (χ2n) is 3.38. The predicted octanol–water partition coefficient (Wildman–Crippen LogP) is 4.71. The molecule has 0 aliphatic rings. The maximum Gasteiger partial charge on any atom is 0.369 e. The van der Waals surface area contributed by atoms with Gasteiger partial charge in [0.1, 0.15) is 5.82 Å². The lowest BCUT2D eigenvalue weighted by molar-refractivity contribution is 0.189. The molecule has 18 heavy (non-hydrogen) atoms. The van der Waals surface area contributed by atoms with Gasteiger partial charge in [-0.05, 0) is 26.0 Å². The van der Waals surface area contributed by atoms with Crippen molar-refractivity contribution in [1.29, 1.82) is 0 Å². The van der Waals surface area contributed by atoms with E-state index in [-0.39, 0.29) is 23.8 Å². The summed E-state index contributed by atoms with van der Waals surface area (Å²) in [6.45, 7) is 3.12. The highest BCUT2D eigenvalue weighted by Crippen LogP contribution is 2.62. The molecule has 0 radical (unpaired) electrons. The Morgan fingerprint density at radius 1 is 1.33 bits per heavy atom. The van der Waals surface area contributed by atoms with Crippen LogP contribution in [0.3, 0.4) is 0 Å². The van der Waals surface area contributed by atoms with E-state index >= 15 is 0 Å². The summed E-state index contributed by atoms with van der Waals surface area (Å²) in [4.78, 5) is 0. The van der Waals surface area contributed by atoms with Crippen LogP contribution in [0.2, 0.25) is 5.02 Å². The number of alkyl halides is 1. The molecule has 0 fully saturated rings. The molecule has 1 atom stereocenters. The number of halogens is 3. The smallest absolute Gasteiger partial charge is 0.307 e. The lowest BCUT2D eigenvalue weighted by Gasteiger charge is -2.21. The van der Waals surface area contributed by atoms with E-state index < -0.39 is 19.3 Å². The molecule has 0 unspecified atom stereocenters. The minimum absolute atomic E-state index is 0.00685. The Balaban J connectivity index is 3.09. The molecule has 0 amide bonds. The fourth-order valence-corrected chi connectivity index (χ4v) is 3.16. The van der Waals surface area contributed by atoms with Gasteiger partial charge in [0.15, 0.2) is 0 Å². The zero-order chi connectivity index (χ0) is 13.8. The molecule has 0 heterocycles. The number of hydrogen-bond donors (Lipinski definition) is 0. The number of benzene rings is 1. The molecular formula is C11H14ClF2O3P. The average molecular weight is 299 g/mol. The molecule has 0 aliphatic carbocycles. The van der Waals surface area contributed by atoms with Crippen molar-refractivity contribution in [3.05, 3.63) is 34.6 Å². The van der Waals surface area contributed by atoms with Crippen molar-refractivity contribution in [2.75, 3.05) is 13.2 Å². The van der Waals surface area contributed by atoms with Crippen molar-refractivity contribution in [1.82, 2.24) is 0 Å². The van der Waals surface area contributed by atoms with E-state index in [1.54, 1.807) is 13.8 Å². The summed E-state index contributed by atoms with van der Waals surface area (Å²) in [6, 6.07) is 3.40. The Labute approximate surface area is 110 Å². The first-order chi connectivity index (χ1) is 8.44. The van der Waals surface area contributed by atoms with E-state index in [9.17, 15) is 13.3 Å². The number of rotatable bonds is 6. The highest BCUT2D eigenvalue weighted by molar-refractivity contribution is 7.54. The second kappa shape index (κ2) is 6.62. The van der Waals surface area contributed by atoms with Gasteiger partial charge in [-0.15, -0.1) is 0 Å². The summed E-state index contributed by atoms with van der Waals surface area (Å²) in [7, 11) is -4.02. The van der Waals surface area contributed by atoms with Gasteiger partial charge >= 0.3 is 7.60 Å². The third-order valence-electron chi connectivity index (χ3n) is 2.11. The molecule has 0 N–H and O–H groups in total. The quantitative estimate of drug-likeness (QED) is 0.713. The van der Waals surface area contributed by atoms with Crippen molar-refractivity contribution in [2.24, 2.45) is 0 Å². The van der Waals surface area contributed by atoms with E-state index in [4.69, 9.17) is 20.6 Å². The molecule has 0 saturated heterocycles. The molecule has 7 heteroatoms. The molecule has 0 aliphatic heterocycles. The third kappa shape index (κ3) is 3.51. The molecule has 0 spiro atoms.